The Morgan fingerprint density at radius 3 is 3.04 bits per heavy atom. The van der Waals surface area contributed by atoms with E-state index >= 15 is 0 Å². The van der Waals surface area contributed by atoms with Gasteiger partial charge in [0.05, 0.1) is 16.7 Å². The van der Waals surface area contributed by atoms with E-state index in [9.17, 15) is 4.79 Å². The van der Waals surface area contributed by atoms with Crippen molar-refractivity contribution in [2.75, 3.05) is 19.6 Å². The number of benzene rings is 1. The zero-order valence-electron chi connectivity index (χ0n) is 15.6. The maximum Gasteiger partial charge on any atom is 0.270 e. The number of hydrogen-bond acceptors (Lipinski definition) is 5. The van der Waals surface area contributed by atoms with Gasteiger partial charge in [-0.25, -0.2) is 4.98 Å². The van der Waals surface area contributed by atoms with E-state index in [-0.39, 0.29) is 11.5 Å². The monoisotopic (exact) mass is 383 g/mol. The Morgan fingerprint density at radius 2 is 2.26 bits per heavy atom. The molecule has 27 heavy (non-hydrogen) atoms. The molecule has 2 bridgehead atoms. The normalized spacial score (nSPS) is 32.0. The number of nitrogens with one attached hydrogen (secondary N) is 1. The molecule has 0 aliphatic carbocycles. The Hall–Kier alpha value is -1.76. The van der Waals surface area contributed by atoms with E-state index in [1.165, 1.54) is 16.9 Å². The van der Waals surface area contributed by atoms with Gasteiger partial charge >= 0.3 is 0 Å². The Kier molecular flexibility index (Phi) is 4.30. The summed E-state index contributed by atoms with van der Waals surface area (Å²) >= 11 is 1.52. The molecule has 3 aliphatic heterocycles. The number of amides is 1. The predicted octanol–water partition coefficient (Wildman–Crippen LogP) is 2.86. The molecule has 4 atom stereocenters. The number of aryl methyl sites for hydroxylation is 1. The van der Waals surface area contributed by atoms with Crippen LogP contribution in [0.1, 0.15) is 33.9 Å². The van der Waals surface area contributed by atoms with E-state index in [1.54, 1.807) is 0 Å². The number of likely N-dealkylation sites (tertiary alicyclic amines) is 1. The minimum Gasteiger partial charge on any atom is -0.370 e. The highest BCUT2D eigenvalue weighted by molar-refractivity contribution is 7.09. The van der Waals surface area contributed by atoms with Gasteiger partial charge in [-0.3, -0.25) is 9.69 Å². The average molecular weight is 384 g/mol. The summed E-state index contributed by atoms with van der Waals surface area (Å²) in [4.78, 5) is 19.2. The summed E-state index contributed by atoms with van der Waals surface area (Å²) in [7, 11) is 0. The number of carbonyl (C=O) groups is 1. The number of thiazole rings is 1. The number of fused-ring (bicyclic) bond motifs is 1. The Bertz CT molecular complexity index is 839. The number of aromatic nitrogens is 1. The van der Waals surface area contributed by atoms with Gasteiger partial charge in [0, 0.05) is 43.4 Å². The molecule has 5 nitrogen and oxygen atoms in total. The van der Waals surface area contributed by atoms with Crippen LogP contribution >= 0.6 is 11.3 Å². The highest BCUT2D eigenvalue weighted by Gasteiger charge is 2.62. The van der Waals surface area contributed by atoms with Crippen LogP contribution in [0, 0.1) is 18.8 Å². The zero-order valence-corrected chi connectivity index (χ0v) is 16.4. The van der Waals surface area contributed by atoms with E-state index in [1.807, 2.05) is 12.3 Å². The Balaban J connectivity index is 1.25. The lowest BCUT2D eigenvalue weighted by molar-refractivity contribution is 0.00212. The van der Waals surface area contributed by atoms with Gasteiger partial charge in [0.1, 0.15) is 5.69 Å². The second-order valence-electron chi connectivity index (χ2n) is 8.15. The van der Waals surface area contributed by atoms with Crippen molar-refractivity contribution in [1.82, 2.24) is 15.2 Å². The third kappa shape index (κ3) is 3.10. The first-order chi connectivity index (χ1) is 13.1. The lowest BCUT2D eigenvalue weighted by atomic mass is 9.73. The minimum atomic E-state index is -0.0599. The molecule has 142 valence electrons. The molecule has 3 fully saturated rings. The quantitative estimate of drug-likeness (QED) is 0.863. The van der Waals surface area contributed by atoms with Crippen LogP contribution in [0.5, 0.6) is 0 Å². The average Bonchev–Trinajstić information content (AvgIpc) is 3.41. The number of ether oxygens (including phenoxy) is 1. The van der Waals surface area contributed by atoms with Crippen molar-refractivity contribution >= 4 is 17.2 Å². The molecule has 2 aromatic rings. The first-order valence-corrected chi connectivity index (χ1v) is 10.7. The van der Waals surface area contributed by atoms with Gasteiger partial charge in [-0.15, -0.1) is 11.3 Å². The van der Waals surface area contributed by atoms with Crippen molar-refractivity contribution in [1.29, 1.82) is 0 Å². The first-order valence-electron chi connectivity index (χ1n) is 9.77. The van der Waals surface area contributed by atoms with Crippen LogP contribution in [0.15, 0.2) is 35.7 Å². The summed E-state index contributed by atoms with van der Waals surface area (Å²) < 4.78 is 6.50. The molecule has 4 heterocycles. The SMILES string of the molecule is Cc1nc(C(=O)NC[C@H]2[C@H]3CN(Cc4ccccc4)C[C@]34CC[C@H]2O4)cs1. The first kappa shape index (κ1) is 17.3. The summed E-state index contributed by atoms with van der Waals surface area (Å²) in [5, 5.41) is 5.88. The van der Waals surface area contributed by atoms with Gasteiger partial charge < -0.3 is 10.1 Å². The number of carbonyl (C=O) groups excluding carboxylic acids is 1. The van der Waals surface area contributed by atoms with Crippen LogP contribution in [0.3, 0.4) is 0 Å². The molecule has 0 saturated carbocycles. The van der Waals surface area contributed by atoms with E-state index in [0.717, 1.165) is 37.5 Å². The Labute approximate surface area is 163 Å². The minimum absolute atomic E-state index is 0.00601. The molecule has 3 saturated heterocycles. The fraction of sp³-hybridized carbons (Fsp3) is 0.524. The molecule has 1 amide bonds. The summed E-state index contributed by atoms with van der Waals surface area (Å²) in [6.45, 7) is 5.66. The maximum atomic E-state index is 12.4. The van der Waals surface area contributed by atoms with Gasteiger partial charge in [-0.1, -0.05) is 30.3 Å². The standard InChI is InChI=1S/C21H25N3O2S/c1-14-23-18(12-27-14)20(25)22-9-16-17-11-24(10-15-5-3-2-4-6-15)13-21(17)8-7-19(16)26-21/h2-6,12,16-17,19H,7-11,13H2,1H3,(H,22,25)/t16-,17+,19+,21+/m0/s1. The molecule has 5 rings (SSSR count). The zero-order chi connectivity index (χ0) is 18.4. The third-order valence-corrected chi connectivity index (χ3v) is 7.23. The maximum absolute atomic E-state index is 12.4. The molecule has 6 heteroatoms. The number of rotatable bonds is 5. The van der Waals surface area contributed by atoms with Crippen LogP contribution in [-0.4, -0.2) is 47.1 Å². The van der Waals surface area contributed by atoms with Crippen molar-refractivity contribution in [3.8, 4) is 0 Å². The van der Waals surface area contributed by atoms with Crippen LogP contribution in [0.4, 0.5) is 0 Å². The number of hydrogen-bond donors (Lipinski definition) is 1. The molecule has 1 aromatic carbocycles. The lowest BCUT2D eigenvalue weighted by Gasteiger charge is -2.29. The summed E-state index contributed by atoms with van der Waals surface area (Å²) in [5.74, 6) is 0.857. The molecule has 0 unspecified atom stereocenters. The van der Waals surface area contributed by atoms with Gasteiger partial charge in [0.25, 0.3) is 5.91 Å². The van der Waals surface area contributed by atoms with Gasteiger partial charge in [0.15, 0.2) is 0 Å². The van der Waals surface area contributed by atoms with E-state index in [4.69, 9.17) is 4.74 Å². The van der Waals surface area contributed by atoms with Crippen molar-refractivity contribution in [2.45, 2.75) is 38.0 Å². The van der Waals surface area contributed by atoms with E-state index in [0.29, 0.717) is 30.2 Å². The predicted molar refractivity (Wildman–Crippen MR) is 105 cm³/mol. The molecular formula is C21H25N3O2S. The second kappa shape index (κ2) is 6.69. The second-order valence-corrected chi connectivity index (χ2v) is 9.21. The van der Waals surface area contributed by atoms with Crippen LogP contribution < -0.4 is 5.32 Å². The molecule has 3 aliphatic rings. The Morgan fingerprint density at radius 1 is 1.41 bits per heavy atom. The summed E-state index contributed by atoms with van der Waals surface area (Å²) in [6, 6.07) is 10.7. The van der Waals surface area contributed by atoms with Crippen molar-refractivity contribution in [2.24, 2.45) is 11.8 Å². The van der Waals surface area contributed by atoms with Crippen molar-refractivity contribution < 1.29 is 9.53 Å². The lowest BCUT2D eigenvalue weighted by Crippen LogP contribution is -2.42. The topological polar surface area (TPSA) is 54.5 Å². The van der Waals surface area contributed by atoms with Crippen molar-refractivity contribution in [3.63, 3.8) is 0 Å². The van der Waals surface area contributed by atoms with Crippen LogP contribution in [0.2, 0.25) is 0 Å². The van der Waals surface area contributed by atoms with Gasteiger partial charge in [-0.2, -0.15) is 0 Å². The van der Waals surface area contributed by atoms with Crippen LogP contribution in [0.25, 0.3) is 0 Å². The number of nitrogens with zero attached hydrogens (tertiary/aromatic N) is 2. The summed E-state index contributed by atoms with van der Waals surface area (Å²) in [5.41, 5.74) is 1.90. The largest absolute Gasteiger partial charge is 0.370 e. The fourth-order valence-corrected chi connectivity index (χ4v) is 5.88. The molecule has 0 radical (unpaired) electrons. The highest BCUT2D eigenvalue weighted by Crippen LogP contribution is 2.54. The third-order valence-electron chi connectivity index (χ3n) is 6.45. The molecular weight excluding hydrogens is 358 g/mol. The smallest absolute Gasteiger partial charge is 0.270 e. The fourth-order valence-electron chi connectivity index (χ4n) is 5.29. The van der Waals surface area contributed by atoms with Crippen LogP contribution in [-0.2, 0) is 11.3 Å². The summed E-state index contributed by atoms with van der Waals surface area (Å²) in [6.07, 6.45) is 2.57. The molecule has 1 N–H and O–H groups in total. The van der Waals surface area contributed by atoms with E-state index in [2.05, 4.69) is 45.5 Å². The van der Waals surface area contributed by atoms with Crippen molar-refractivity contribution in [3.05, 3.63) is 52.0 Å². The molecule has 1 aromatic heterocycles. The van der Waals surface area contributed by atoms with E-state index < -0.39 is 0 Å². The molecule has 1 spiro atoms. The van der Waals surface area contributed by atoms with Gasteiger partial charge in [-0.05, 0) is 25.3 Å². The van der Waals surface area contributed by atoms with Gasteiger partial charge in [0.2, 0.25) is 0 Å². The highest BCUT2D eigenvalue weighted by atomic mass is 32.1.